The van der Waals surface area contributed by atoms with Crippen LogP contribution in [0.1, 0.15) is 29.9 Å². The second-order valence-electron chi connectivity index (χ2n) is 4.71. The van der Waals surface area contributed by atoms with Gasteiger partial charge in [0.1, 0.15) is 0 Å². The van der Waals surface area contributed by atoms with E-state index in [0.29, 0.717) is 19.4 Å². The first-order valence-electron chi connectivity index (χ1n) is 6.23. The van der Waals surface area contributed by atoms with Gasteiger partial charge in [-0.3, -0.25) is 9.59 Å². The van der Waals surface area contributed by atoms with Gasteiger partial charge in [-0.15, -0.1) is 0 Å². The molecule has 2 N–H and O–H groups in total. The predicted octanol–water partition coefficient (Wildman–Crippen LogP) is 1.78. The number of benzene rings is 1. The lowest BCUT2D eigenvalue weighted by molar-refractivity contribution is -0.137. The normalized spacial score (nSPS) is 15.5. The Balaban J connectivity index is 2.23. The molecule has 0 bridgehead atoms. The zero-order valence-electron chi connectivity index (χ0n) is 10.8. The van der Waals surface area contributed by atoms with E-state index in [1.54, 1.807) is 7.11 Å². The molecule has 5 heteroatoms. The second kappa shape index (κ2) is 5.84. The van der Waals surface area contributed by atoms with Gasteiger partial charge in [-0.25, -0.2) is 0 Å². The van der Waals surface area contributed by atoms with Gasteiger partial charge in [0.25, 0.3) is 0 Å². The summed E-state index contributed by atoms with van der Waals surface area (Å²) in [6.07, 6.45) is 1.21. The first kappa shape index (κ1) is 13.5. The highest BCUT2D eigenvalue weighted by Crippen LogP contribution is 2.28. The molecule has 1 unspecified atom stereocenters. The molecule has 0 fully saturated rings. The molecule has 102 valence electrons. The van der Waals surface area contributed by atoms with E-state index in [-0.39, 0.29) is 18.2 Å². The van der Waals surface area contributed by atoms with Gasteiger partial charge in [0.15, 0.2) is 0 Å². The maximum absolute atomic E-state index is 11.3. The average molecular weight is 263 g/mol. The minimum absolute atomic E-state index is 0.0271. The Morgan fingerprint density at radius 3 is 2.95 bits per heavy atom. The van der Waals surface area contributed by atoms with Crippen LogP contribution in [0, 0.1) is 0 Å². The summed E-state index contributed by atoms with van der Waals surface area (Å²) in [5, 5.41) is 11.7. The van der Waals surface area contributed by atoms with Crippen LogP contribution < -0.4 is 5.32 Å². The highest BCUT2D eigenvalue weighted by Gasteiger charge is 2.19. The number of nitrogens with one attached hydrogen (secondary N) is 1. The zero-order chi connectivity index (χ0) is 13.8. The lowest BCUT2D eigenvalue weighted by Gasteiger charge is -2.20. The van der Waals surface area contributed by atoms with Crippen LogP contribution in [0.3, 0.4) is 0 Å². The van der Waals surface area contributed by atoms with Crippen molar-refractivity contribution in [2.75, 3.05) is 19.0 Å². The van der Waals surface area contributed by atoms with Crippen LogP contribution in [0.15, 0.2) is 18.2 Å². The van der Waals surface area contributed by atoms with Gasteiger partial charge in [-0.1, -0.05) is 12.1 Å². The SMILES string of the molecule is COCC(CC(=O)O)c1ccc2c(c1)CCC(=O)N2. The van der Waals surface area contributed by atoms with Crippen molar-refractivity contribution < 1.29 is 19.4 Å². The number of carbonyl (C=O) groups is 2. The minimum Gasteiger partial charge on any atom is -0.481 e. The molecule has 0 saturated heterocycles. The highest BCUT2D eigenvalue weighted by atomic mass is 16.5. The topological polar surface area (TPSA) is 75.6 Å². The number of amides is 1. The van der Waals surface area contributed by atoms with E-state index < -0.39 is 5.97 Å². The van der Waals surface area contributed by atoms with E-state index >= 15 is 0 Å². The van der Waals surface area contributed by atoms with Crippen LogP contribution >= 0.6 is 0 Å². The van der Waals surface area contributed by atoms with Gasteiger partial charge >= 0.3 is 5.97 Å². The van der Waals surface area contributed by atoms with Gasteiger partial charge in [0.05, 0.1) is 13.0 Å². The summed E-state index contributed by atoms with van der Waals surface area (Å²) in [5.74, 6) is -0.974. The van der Waals surface area contributed by atoms with E-state index in [0.717, 1.165) is 16.8 Å². The lowest BCUT2D eigenvalue weighted by Crippen LogP contribution is -2.19. The summed E-state index contributed by atoms with van der Waals surface area (Å²) in [5.41, 5.74) is 2.83. The fraction of sp³-hybridized carbons (Fsp3) is 0.429. The summed E-state index contributed by atoms with van der Waals surface area (Å²) in [7, 11) is 1.56. The molecule has 0 aromatic heterocycles. The molecule has 0 aliphatic carbocycles. The van der Waals surface area contributed by atoms with E-state index in [2.05, 4.69) is 5.32 Å². The van der Waals surface area contributed by atoms with E-state index in [1.807, 2.05) is 18.2 Å². The van der Waals surface area contributed by atoms with Gasteiger partial charge < -0.3 is 15.2 Å². The Morgan fingerprint density at radius 2 is 2.26 bits per heavy atom. The smallest absolute Gasteiger partial charge is 0.304 e. The predicted molar refractivity (Wildman–Crippen MR) is 70.3 cm³/mol. The molecular formula is C14H17NO4. The number of carboxylic acids is 1. The Morgan fingerprint density at radius 1 is 1.47 bits per heavy atom. The molecule has 1 atom stereocenters. The monoisotopic (exact) mass is 263 g/mol. The number of carbonyl (C=O) groups excluding carboxylic acids is 1. The number of anilines is 1. The maximum atomic E-state index is 11.3. The number of fused-ring (bicyclic) bond motifs is 1. The summed E-state index contributed by atoms with van der Waals surface area (Å²) >= 11 is 0. The van der Waals surface area contributed by atoms with Crippen LogP contribution in [0.4, 0.5) is 5.69 Å². The van der Waals surface area contributed by atoms with Crippen molar-refractivity contribution in [3.05, 3.63) is 29.3 Å². The molecule has 5 nitrogen and oxygen atoms in total. The molecule has 1 aromatic rings. The zero-order valence-corrected chi connectivity index (χ0v) is 10.8. The summed E-state index contributed by atoms with van der Waals surface area (Å²) in [4.78, 5) is 22.2. The summed E-state index contributed by atoms with van der Waals surface area (Å²) in [6.45, 7) is 0.372. The summed E-state index contributed by atoms with van der Waals surface area (Å²) < 4.78 is 5.09. The Hall–Kier alpha value is -1.88. The minimum atomic E-state index is -0.840. The van der Waals surface area contributed by atoms with Crippen molar-refractivity contribution in [3.63, 3.8) is 0 Å². The van der Waals surface area contributed by atoms with Crippen molar-refractivity contribution >= 4 is 17.6 Å². The number of rotatable bonds is 5. The number of hydrogen-bond acceptors (Lipinski definition) is 3. The average Bonchev–Trinajstić information content (AvgIpc) is 2.37. The molecule has 1 aliphatic rings. The van der Waals surface area contributed by atoms with Gasteiger partial charge in [-0.2, -0.15) is 0 Å². The fourth-order valence-corrected chi connectivity index (χ4v) is 2.34. The van der Waals surface area contributed by atoms with E-state index in [1.165, 1.54) is 0 Å². The summed E-state index contributed by atoms with van der Waals surface area (Å²) in [6, 6.07) is 5.67. The number of carboxylic acid groups (broad SMARTS) is 1. The van der Waals surface area contributed by atoms with Crippen LogP contribution in [-0.4, -0.2) is 30.7 Å². The number of methoxy groups -OCH3 is 1. The third-order valence-corrected chi connectivity index (χ3v) is 3.29. The Kier molecular flexibility index (Phi) is 4.16. The third-order valence-electron chi connectivity index (χ3n) is 3.29. The van der Waals surface area contributed by atoms with Gasteiger partial charge in [0, 0.05) is 25.1 Å². The molecule has 0 spiro atoms. The Labute approximate surface area is 111 Å². The van der Waals surface area contributed by atoms with Crippen molar-refractivity contribution in [1.82, 2.24) is 0 Å². The fourth-order valence-electron chi connectivity index (χ4n) is 2.34. The van der Waals surface area contributed by atoms with Crippen LogP contribution in [0.5, 0.6) is 0 Å². The molecule has 19 heavy (non-hydrogen) atoms. The first-order valence-corrected chi connectivity index (χ1v) is 6.23. The van der Waals surface area contributed by atoms with Crippen LogP contribution in [-0.2, 0) is 20.7 Å². The molecule has 0 saturated carbocycles. The largest absolute Gasteiger partial charge is 0.481 e. The van der Waals surface area contributed by atoms with E-state index in [4.69, 9.17) is 9.84 Å². The number of ether oxygens (including phenoxy) is 1. The van der Waals surface area contributed by atoms with Crippen molar-refractivity contribution in [3.8, 4) is 0 Å². The maximum Gasteiger partial charge on any atom is 0.304 e. The van der Waals surface area contributed by atoms with Crippen molar-refractivity contribution in [2.24, 2.45) is 0 Å². The quantitative estimate of drug-likeness (QED) is 0.849. The molecule has 1 aromatic carbocycles. The molecule has 1 heterocycles. The molecule has 2 rings (SSSR count). The molecule has 1 amide bonds. The molecule has 1 aliphatic heterocycles. The first-order chi connectivity index (χ1) is 9.10. The van der Waals surface area contributed by atoms with Crippen LogP contribution in [0.25, 0.3) is 0 Å². The van der Waals surface area contributed by atoms with Crippen LogP contribution in [0.2, 0.25) is 0 Å². The Bertz CT molecular complexity index is 498. The molecule has 0 radical (unpaired) electrons. The van der Waals surface area contributed by atoms with Gasteiger partial charge in [0.2, 0.25) is 5.91 Å². The molecular weight excluding hydrogens is 246 g/mol. The van der Waals surface area contributed by atoms with E-state index in [9.17, 15) is 9.59 Å². The number of aryl methyl sites for hydroxylation is 1. The van der Waals surface area contributed by atoms with Gasteiger partial charge in [-0.05, 0) is 23.6 Å². The van der Waals surface area contributed by atoms with Crippen molar-refractivity contribution in [2.45, 2.75) is 25.2 Å². The standard InChI is InChI=1S/C14H17NO4/c1-19-8-11(7-14(17)18)9-2-4-12-10(6-9)3-5-13(16)15-12/h2,4,6,11H,3,5,7-8H2,1H3,(H,15,16)(H,17,18). The second-order valence-corrected chi connectivity index (χ2v) is 4.71. The number of aliphatic carboxylic acids is 1. The third kappa shape index (κ3) is 3.32. The van der Waals surface area contributed by atoms with Crippen molar-refractivity contribution in [1.29, 1.82) is 0 Å². The lowest BCUT2D eigenvalue weighted by atomic mass is 9.92. The number of hydrogen-bond donors (Lipinski definition) is 2. The highest BCUT2D eigenvalue weighted by molar-refractivity contribution is 5.93.